The van der Waals surface area contributed by atoms with Crippen LogP contribution in [-0.4, -0.2) is 13.1 Å². The third kappa shape index (κ3) is 4.76. The van der Waals surface area contributed by atoms with E-state index in [0.29, 0.717) is 17.2 Å². The van der Waals surface area contributed by atoms with E-state index in [0.717, 1.165) is 18.6 Å². The predicted molar refractivity (Wildman–Crippen MR) is 108 cm³/mol. The molecule has 0 radical (unpaired) electrons. The molecule has 3 aromatic rings. The van der Waals surface area contributed by atoms with E-state index in [4.69, 9.17) is 9.47 Å². The molecule has 3 heteroatoms. The Hall–Kier alpha value is -3.07. The van der Waals surface area contributed by atoms with Crippen LogP contribution in [0.3, 0.4) is 0 Å². The van der Waals surface area contributed by atoms with Crippen molar-refractivity contribution in [1.29, 1.82) is 0 Å². The number of carbonyl (C=O) groups excluding carboxylic acids is 1. The molecule has 3 rings (SSSR count). The molecule has 3 nitrogen and oxygen atoms in total. The Morgan fingerprint density at radius 1 is 0.815 bits per heavy atom. The van der Waals surface area contributed by atoms with Crippen molar-refractivity contribution in [3.05, 3.63) is 95.6 Å². The molecule has 0 aliphatic heterocycles. The number of benzene rings is 3. The highest BCUT2D eigenvalue weighted by molar-refractivity contribution is 5.90. The topological polar surface area (TPSA) is 35.5 Å². The van der Waals surface area contributed by atoms with E-state index in [1.54, 1.807) is 19.2 Å². The fourth-order valence-corrected chi connectivity index (χ4v) is 3.16. The Morgan fingerprint density at radius 2 is 1.37 bits per heavy atom. The van der Waals surface area contributed by atoms with Crippen LogP contribution in [0.2, 0.25) is 0 Å². The molecule has 3 aromatic carbocycles. The summed E-state index contributed by atoms with van der Waals surface area (Å²) in [7, 11) is 1.67. The molecule has 0 aromatic heterocycles. The second-order valence-electron chi connectivity index (χ2n) is 6.44. The summed E-state index contributed by atoms with van der Waals surface area (Å²) < 4.78 is 10.7. The zero-order chi connectivity index (χ0) is 19.1. The lowest BCUT2D eigenvalue weighted by molar-refractivity contribution is 0.0734. The molecule has 0 aliphatic carbocycles. The standard InChI is InChI=1S/C24H24O3/c1-3-7-23(18-10-14-21(26-2)15-11-18)19-12-16-22(17-13-19)27-24(25)20-8-5-4-6-9-20/h4-6,8-17,23H,3,7H2,1-2H3. The molecule has 0 amide bonds. The summed E-state index contributed by atoms with van der Waals surface area (Å²) in [6.07, 6.45) is 2.14. The van der Waals surface area contributed by atoms with Gasteiger partial charge >= 0.3 is 5.97 Å². The van der Waals surface area contributed by atoms with Gasteiger partial charge in [-0.15, -0.1) is 0 Å². The fraction of sp³-hybridized carbons (Fsp3) is 0.208. The Bertz CT molecular complexity index is 852. The van der Waals surface area contributed by atoms with Gasteiger partial charge < -0.3 is 9.47 Å². The summed E-state index contributed by atoms with van der Waals surface area (Å²) in [5, 5.41) is 0. The van der Waals surface area contributed by atoms with Crippen LogP contribution in [0, 0.1) is 0 Å². The van der Waals surface area contributed by atoms with Crippen molar-refractivity contribution in [2.24, 2.45) is 0 Å². The third-order valence-electron chi connectivity index (χ3n) is 4.60. The average molecular weight is 360 g/mol. The first-order valence-corrected chi connectivity index (χ1v) is 9.22. The van der Waals surface area contributed by atoms with Crippen LogP contribution in [-0.2, 0) is 0 Å². The molecule has 1 atom stereocenters. The first-order chi connectivity index (χ1) is 13.2. The smallest absolute Gasteiger partial charge is 0.343 e. The maximum Gasteiger partial charge on any atom is 0.343 e. The second-order valence-corrected chi connectivity index (χ2v) is 6.44. The van der Waals surface area contributed by atoms with Crippen molar-refractivity contribution in [2.45, 2.75) is 25.7 Å². The van der Waals surface area contributed by atoms with Crippen LogP contribution in [0.15, 0.2) is 78.9 Å². The average Bonchev–Trinajstić information content (AvgIpc) is 2.73. The van der Waals surface area contributed by atoms with E-state index in [9.17, 15) is 4.79 Å². The molecule has 0 aliphatic rings. The quantitative estimate of drug-likeness (QED) is 0.392. The van der Waals surface area contributed by atoms with Crippen molar-refractivity contribution >= 4 is 5.97 Å². The first-order valence-electron chi connectivity index (χ1n) is 9.22. The molecule has 138 valence electrons. The number of hydrogen-bond acceptors (Lipinski definition) is 3. The minimum Gasteiger partial charge on any atom is -0.497 e. The minimum atomic E-state index is -0.344. The SMILES string of the molecule is CCCC(c1ccc(OC)cc1)c1ccc(OC(=O)c2ccccc2)cc1. The van der Waals surface area contributed by atoms with Gasteiger partial charge in [-0.25, -0.2) is 4.79 Å². The zero-order valence-corrected chi connectivity index (χ0v) is 15.7. The number of rotatable bonds is 7. The van der Waals surface area contributed by atoms with Gasteiger partial charge in [0.05, 0.1) is 12.7 Å². The number of carbonyl (C=O) groups is 1. The Kier molecular flexibility index (Phi) is 6.26. The van der Waals surface area contributed by atoms with Crippen LogP contribution in [0.25, 0.3) is 0 Å². The summed E-state index contributed by atoms with van der Waals surface area (Å²) in [5.74, 6) is 1.37. The highest BCUT2D eigenvalue weighted by Gasteiger charge is 2.14. The Morgan fingerprint density at radius 3 is 1.89 bits per heavy atom. The van der Waals surface area contributed by atoms with Gasteiger partial charge in [-0.3, -0.25) is 0 Å². The Balaban J connectivity index is 1.76. The normalized spacial score (nSPS) is 11.6. The van der Waals surface area contributed by atoms with Gasteiger partial charge in [0.15, 0.2) is 0 Å². The van der Waals surface area contributed by atoms with E-state index < -0.39 is 0 Å². The molecular weight excluding hydrogens is 336 g/mol. The largest absolute Gasteiger partial charge is 0.497 e. The maximum absolute atomic E-state index is 12.2. The van der Waals surface area contributed by atoms with Crippen LogP contribution < -0.4 is 9.47 Å². The molecule has 0 spiro atoms. The summed E-state index contributed by atoms with van der Waals surface area (Å²) >= 11 is 0. The molecule has 0 bridgehead atoms. The van der Waals surface area contributed by atoms with Crippen molar-refractivity contribution < 1.29 is 14.3 Å². The van der Waals surface area contributed by atoms with E-state index in [1.807, 2.05) is 54.6 Å². The van der Waals surface area contributed by atoms with E-state index in [-0.39, 0.29) is 5.97 Å². The number of hydrogen-bond donors (Lipinski definition) is 0. The molecule has 0 fully saturated rings. The summed E-state index contributed by atoms with van der Waals surface area (Å²) in [5.41, 5.74) is 3.01. The monoisotopic (exact) mass is 360 g/mol. The molecular formula is C24H24O3. The lowest BCUT2D eigenvalue weighted by Gasteiger charge is -2.18. The van der Waals surface area contributed by atoms with Crippen LogP contribution in [0.5, 0.6) is 11.5 Å². The van der Waals surface area contributed by atoms with Gasteiger partial charge in [0, 0.05) is 5.92 Å². The van der Waals surface area contributed by atoms with E-state index in [2.05, 4.69) is 19.1 Å². The molecule has 0 saturated carbocycles. The second kappa shape index (κ2) is 9.04. The van der Waals surface area contributed by atoms with Crippen molar-refractivity contribution in [2.75, 3.05) is 7.11 Å². The minimum absolute atomic E-state index is 0.305. The molecule has 0 heterocycles. The van der Waals surface area contributed by atoms with E-state index in [1.165, 1.54) is 11.1 Å². The first kappa shape index (κ1) is 18.7. The van der Waals surface area contributed by atoms with Crippen LogP contribution >= 0.6 is 0 Å². The van der Waals surface area contributed by atoms with E-state index >= 15 is 0 Å². The number of methoxy groups -OCH3 is 1. The summed E-state index contributed by atoms with van der Waals surface area (Å²) in [4.78, 5) is 12.2. The summed E-state index contributed by atoms with van der Waals surface area (Å²) in [6, 6.07) is 25.0. The molecule has 0 saturated heterocycles. The van der Waals surface area contributed by atoms with Crippen LogP contribution in [0.1, 0.15) is 47.2 Å². The van der Waals surface area contributed by atoms with Gasteiger partial charge in [0.1, 0.15) is 11.5 Å². The lowest BCUT2D eigenvalue weighted by atomic mass is 9.87. The zero-order valence-electron chi connectivity index (χ0n) is 15.7. The summed E-state index contributed by atoms with van der Waals surface area (Å²) in [6.45, 7) is 2.19. The number of esters is 1. The van der Waals surface area contributed by atoms with Gasteiger partial charge in [0.25, 0.3) is 0 Å². The highest BCUT2D eigenvalue weighted by atomic mass is 16.5. The highest BCUT2D eigenvalue weighted by Crippen LogP contribution is 2.31. The Labute approximate surface area is 160 Å². The third-order valence-corrected chi connectivity index (χ3v) is 4.60. The van der Waals surface area contributed by atoms with Crippen molar-refractivity contribution in [3.8, 4) is 11.5 Å². The van der Waals surface area contributed by atoms with Crippen LogP contribution in [0.4, 0.5) is 0 Å². The predicted octanol–water partition coefficient (Wildman–Crippen LogP) is 5.85. The van der Waals surface area contributed by atoms with Crippen molar-refractivity contribution in [1.82, 2.24) is 0 Å². The molecule has 27 heavy (non-hydrogen) atoms. The van der Waals surface area contributed by atoms with Crippen molar-refractivity contribution in [3.63, 3.8) is 0 Å². The lowest BCUT2D eigenvalue weighted by Crippen LogP contribution is -2.08. The molecule has 0 N–H and O–H groups in total. The number of ether oxygens (including phenoxy) is 2. The van der Waals surface area contributed by atoms with Gasteiger partial charge in [-0.1, -0.05) is 55.8 Å². The fourth-order valence-electron chi connectivity index (χ4n) is 3.16. The molecule has 1 unspecified atom stereocenters. The van der Waals surface area contributed by atoms with Gasteiger partial charge in [-0.05, 0) is 53.9 Å². The maximum atomic E-state index is 12.2. The van der Waals surface area contributed by atoms with Gasteiger partial charge in [0.2, 0.25) is 0 Å². The van der Waals surface area contributed by atoms with Gasteiger partial charge in [-0.2, -0.15) is 0 Å².